The predicted octanol–water partition coefficient (Wildman–Crippen LogP) is 3.84. The van der Waals surface area contributed by atoms with Gasteiger partial charge in [0.15, 0.2) is 0 Å². The third kappa shape index (κ3) is 2.65. The first-order valence-electron chi connectivity index (χ1n) is 5.99. The number of rotatable bonds is 3. The molecule has 1 aromatic carbocycles. The summed E-state index contributed by atoms with van der Waals surface area (Å²) < 4.78 is 1.74. The van der Waals surface area contributed by atoms with Crippen molar-refractivity contribution in [2.75, 3.05) is 0 Å². The minimum absolute atomic E-state index is 0.0335. The Hall–Kier alpha value is -1.54. The smallest absolute Gasteiger partial charge is 0.250 e. The van der Waals surface area contributed by atoms with Gasteiger partial charge in [-0.1, -0.05) is 24.3 Å². The number of nitrogens with zero attached hydrogens (tertiary/aromatic N) is 1. The summed E-state index contributed by atoms with van der Waals surface area (Å²) in [6, 6.07) is 11.7. The van der Waals surface area contributed by atoms with Gasteiger partial charge in [0.25, 0.3) is 5.56 Å². The van der Waals surface area contributed by atoms with E-state index >= 15 is 0 Å². The number of aromatic nitrogens is 1. The number of alkyl halides is 1. The molecule has 0 bridgehead atoms. The van der Waals surface area contributed by atoms with E-state index in [1.807, 2.05) is 50.4 Å². The molecule has 0 N–H and O–H groups in total. The van der Waals surface area contributed by atoms with E-state index in [0.717, 1.165) is 16.7 Å². The number of hydrogen-bond acceptors (Lipinski definition) is 1. The van der Waals surface area contributed by atoms with Gasteiger partial charge in [-0.05, 0) is 36.6 Å². The number of pyridine rings is 1. The lowest BCUT2D eigenvalue weighted by Crippen LogP contribution is -2.20. The van der Waals surface area contributed by atoms with Crippen LogP contribution < -0.4 is 5.56 Å². The van der Waals surface area contributed by atoms with Gasteiger partial charge in [0.05, 0.1) is 0 Å². The topological polar surface area (TPSA) is 22.0 Å². The van der Waals surface area contributed by atoms with Crippen molar-refractivity contribution in [1.82, 2.24) is 4.57 Å². The van der Waals surface area contributed by atoms with Crippen LogP contribution in [0.5, 0.6) is 0 Å². The summed E-state index contributed by atoms with van der Waals surface area (Å²) in [7, 11) is 0. The van der Waals surface area contributed by atoms with Gasteiger partial charge in [-0.15, -0.1) is 11.6 Å². The molecule has 0 saturated carbocycles. The molecule has 3 heteroatoms. The van der Waals surface area contributed by atoms with Crippen LogP contribution in [-0.4, -0.2) is 4.57 Å². The molecule has 18 heavy (non-hydrogen) atoms. The molecular formula is C15H16ClNO. The van der Waals surface area contributed by atoms with E-state index in [9.17, 15) is 4.79 Å². The monoisotopic (exact) mass is 261 g/mol. The number of halogens is 1. The van der Waals surface area contributed by atoms with Gasteiger partial charge in [-0.25, -0.2) is 0 Å². The molecule has 0 aliphatic rings. The Morgan fingerprint density at radius 3 is 2.22 bits per heavy atom. The molecule has 0 amide bonds. The quantitative estimate of drug-likeness (QED) is 0.770. The molecule has 0 radical (unpaired) electrons. The van der Waals surface area contributed by atoms with Crippen molar-refractivity contribution in [2.45, 2.75) is 25.8 Å². The fraction of sp³-hybridized carbons (Fsp3) is 0.267. The predicted molar refractivity (Wildman–Crippen MR) is 76.1 cm³/mol. The molecule has 0 saturated heterocycles. The van der Waals surface area contributed by atoms with E-state index < -0.39 is 0 Å². The van der Waals surface area contributed by atoms with E-state index in [1.165, 1.54) is 0 Å². The summed E-state index contributed by atoms with van der Waals surface area (Å²) in [6.45, 7) is 4.00. The summed E-state index contributed by atoms with van der Waals surface area (Å²) in [5, 5.41) is 0. The molecule has 2 rings (SSSR count). The molecule has 0 atom stereocenters. The molecule has 0 aliphatic carbocycles. The summed E-state index contributed by atoms with van der Waals surface area (Å²) in [6.07, 6.45) is 1.91. The minimum Gasteiger partial charge on any atom is -0.312 e. The first-order chi connectivity index (χ1) is 8.61. The molecule has 1 heterocycles. The molecule has 0 fully saturated rings. The van der Waals surface area contributed by atoms with Gasteiger partial charge >= 0.3 is 0 Å². The summed E-state index contributed by atoms with van der Waals surface area (Å²) in [4.78, 5) is 11.7. The Bertz CT molecular complexity index is 584. The Morgan fingerprint density at radius 2 is 1.67 bits per heavy atom. The average molecular weight is 262 g/mol. The lowest BCUT2D eigenvalue weighted by molar-refractivity contribution is 0.579. The zero-order valence-electron chi connectivity index (χ0n) is 10.6. The molecular weight excluding hydrogens is 246 g/mol. The maximum atomic E-state index is 11.7. The van der Waals surface area contributed by atoms with Crippen LogP contribution in [0, 0.1) is 0 Å². The first kappa shape index (κ1) is 12.9. The fourth-order valence-electron chi connectivity index (χ4n) is 1.86. The zero-order valence-corrected chi connectivity index (χ0v) is 11.3. The highest BCUT2D eigenvalue weighted by molar-refractivity contribution is 6.17. The summed E-state index contributed by atoms with van der Waals surface area (Å²) in [5.41, 5.74) is 3.27. The average Bonchev–Trinajstić information content (AvgIpc) is 2.39. The van der Waals surface area contributed by atoms with Crippen molar-refractivity contribution in [3.63, 3.8) is 0 Å². The normalized spacial score (nSPS) is 10.9. The van der Waals surface area contributed by atoms with Gasteiger partial charge in [0.1, 0.15) is 0 Å². The maximum Gasteiger partial charge on any atom is 0.250 e. The third-order valence-electron chi connectivity index (χ3n) is 2.94. The molecule has 1 aromatic heterocycles. The van der Waals surface area contributed by atoms with E-state index in [-0.39, 0.29) is 11.6 Å². The van der Waals surface area contributed by atoms with Crippen LogP contribution >= 0.6 is 11.6 Å². The van der Waals surface area contributed by atoms with E-state index in [2.05, 4.69) is 0 Å². The van der Waals surface area contributed by atoms with Gasteiger partial charge in [0, 0.05) is 24.2 Å². The van der Waals surface area contributed by atoms with Gasteiger partial charge in [-0.2, -0.15) is 0 Å². The molecule has 94 valence electrons. The largest absolute Gasteiger partial charge is 0.312 e. The van der Waals surface area contributed by atoms with E-state index in [4.69, 9.17) is 11.6 Å². The zero-order chi connectivity index (χ0) is 13.1. The maximum absolute atomic E-state index is 11.7. The van der Waals surface area contributed by atoms with Gasteiger partial charge in [0.2, 0.25) is 0 Å². The Morgan fingerprint density at radius 1 is 1.06 bits per heavy atom. The second-order valence-corrected chi connectivity index (χ2v) is 4.85. The first-order valence-corrected chi connectivity index (χ1v) is 6.52. The molecule has 2 nitrogen and oxygen atoms in total. The highest BCUT2D eigenvalue weighted by atomic mass is 35.5. The van der Waals surface area contributed by atoms with Gasteiger partial charge in [-0.3, -0.25) is 4.79 Å². The second kappa shape index (κ2) is 5.40. The van der Waals surface area contributed by atoms with Crippen LogP contribution in [0.2, 0.25) is 0 Å². The van der Waals surface area contributed by atoms with Crippen molar-refractivity contribution >= 4 is 11.6 Å². The number of benzene rings is 1. The van der Waals surface area contributed by atoms with Crippen molar-refractivity contribution in [1.29, 1.82) is 0 Å². The standard InChI is InChI=1S/C15H16ClNO/c1-11(2)17-10-14(7-8-15(17)18)13-5-3-12(9-16)4-6-13/h3-8,10-11H,9H2,1-2H3. The van der Waals surface area contributed by atoms with Crippen molar-refractivity contribution in [2.24, 2.45) is 0 Å². The van der Waals surface area contributed by atoms with E-state index in [0.29, 0.717) is 5.88 Å². The second-order valence-electron chi connectivity index (χ2n) is 4.59. The molecule has 0 unspecified atom stereocenters. The lowest BCUT2D eigenvalue weighted by atomic mass is 10.1. The number of hydrogen-bond donors (Lipinski definition) is 0. The molecule has 2 aromatic rings. The Kier molecular flexibility index (Phi) is 3.87. The summed E-state index contributed by atoms with van der Waals surface area (Å²) in [5.74, 6) is 0.520. The van der Waals surface area contributed by atoms with Crippen LogP contribution in [0.15, 0.2) is 47.4 Å². The van der Waals surface area contributed by atoms with Crippen molar-refractivity contribution < 1.29 is 0 Å². The van der Waals surface area contributed by atoms with Crippen LogP contribution in [0.25, 0.3) is 11.1 Å². The van der Waals surface area contributed by atoms with Crippen molar-refractivity contribution in [3.05, 3.63) is 58.5 Å². The Labute approximate surface area is 112 Å². The highest BCUT2D eigenvalue weighted by Gasteiger charge is 2.04. The van der Waals surface area contributed by atoms with Gasteiger partial charge < -0.3 is 4.57 Å². The van der Waals surface area contributed by atoms with Crippen molar-refractivity contribution in [3.8, 4) is 11.1 Å². The van der Waals surface area contributed by atoms with E-state index in [1.54, 1.807) is 10.6 Å². The Balaban J connectivity index is 2.44. The lowest BCUT2D eigenvalue weighted by Gasteiger charge is -2.11. The minimum atomic E-state index is 0.0335. The molecule has 0 spiro atoms. The highest BCUT2D eigenvalue weighted by Crippen LogP contribution is 2.20. The van der Waals surface area contributed by atoms with Crippen LogP contribution in [-0.2, 0) is 5.88 Å². The van der Waals surface area contributed by atoms with Crippen LogP contribution in [0.4, 0.5) is 0 Å². The fourth-order valence-corrected chi connectivity index (χ4v) is 2.04. The van der Waals surface area contributed by atoms with Crippen LogP contribution in [0.1, 0.15) is 25.5 Å². The van der Waals surface area contributed by atoms with Crippen LogP contribution in [0.3, 0.4) is 0 Å². The molecule has 0 aliphatic heterocycles. The third-order valence-corrected chi connectivity index (χ3v) is 3.24. The summed E-state index contributed by atoms with van der Waals surface area (Å²) >= 11 is 5.77. The SMILES string of the molecule is CC(C)n1cc(-c2ccc(CCl)cc2)ccc1=O.